The number of carbonyl (C=O) groups is 3. The van der Waals surface area contributed by atoms with Crippen LogP contribution in [0.1, 0.15) is 108 Å². The number of benzene rings is 1. The Morgan fingerprint density at radius 2 is 1.83 bits per heavy atom. The van der Waals surface area contributed by atoms with Gasteiger partial charge in [0.25, 0.3) is 0 Å². The van der Waals surface area contributed by atoms with E-state index < -0.39 is 5.92 Å². The smallest absolute Gasteiger partial charge is 0.224 e. The van der Waals surface area contributed by atoms with Crippen LogP contribution < -0.4 is 5.32 Å². The minimum Gasteiger partial charge on any atom is -0.353 e. The van der Waals surface area contributed by atoms with Crippen molar-refractivity contribution in [3.05, 3.63) is 28.8 Å². The first-order valence-corrected chi connectivity index (χ1v) is 17.1. The number of aromatic nitrogens is 1. The summed E-state index contributed by atoms with van der Waals surface area (Å²) in [4.78, 5) is 46.5. The number of fused-ring (bicyclic) bond motifs is 1. The van der Waals surface area contributed by atoms with E-state index in [1.165, 1.54) is 12.0 Å². The van der Waals surface area contributed by atoms with Crippen LogP contribution in [0, 0.1) is 17.8 Å². The number of amides is 1. The van der Waals surface area contributed by atoms with E-state index in [-0.39, 0.29) is 42.5 Å². The summed E-state index contributed by atoms with van der Waals surface area (Å²) >= 11 is 1.62. The third kappa shape index (κ3) is 9.15. The number of halogens is 1. The molecule has 2 heterocycles. The summed E-state index contributed by atoms with van der Waals surface area (Å²) in [6.07, 6.45) is 9.42. The van der Waals surface area contributed by atoms with Crippen molar-refractivity contribution in [1.82, 2.24) is 15.2 Å². The Morgan fingerprint density at radius 3 is 2.50 bits per heavy atom. The highest BCUT2D eigenvalue weighted by Gasteiger charge is 2.31. The van der Waals surface area contributed by atoms with E-state index in [4.69, 9.17) is 4.98 Å². The van der Waals surface area contributed by atoms with Gasteiger partial charge in [0.05, 0.1) is 21.1 Å². The summed E-state index contributed by atoms with van der Waals surface area (Å²) < 4.78 is 13.8. The fourth-order valence-electron chi connectivity index (χ4n) is 6.69. The molecule has 2 atom stereocenters. The van der Waals surface area contributed by atoms with E-state index in [1.54, 1.807) is 11.3 Å². The van der Waals surface area contributed by atoms with Crippen LogP contribution in [-0.4, -0.2) is 59.7 Å². The highest BCUT2D eigenvalue weighted by atomic mass is 32.1. The van der Waals surface area contributed by atoms with E-state index in [2.05, 4.69) is 42.3 Å². The largest absolute Gasteiger partial charge is 0.353 e. The molecule has 6 nitrogen and oxygen atoms in total. The Labute approximate surface area is 255 Å². The molecule has 1 aromatic heterocycles. The fraction of sp³-hybridized carbons (Fsp3) is 0.706. The zero-order valence-electron chi connectivity index (χ0n) is 25.8. The number of hydrogen-bond acceptors (Lipinski definition) is 6. The van der Waals surface area contributed by atoms with Crippen LogP contribution in [0.5, 0.6) is 0 Å². The predicted octanol–water partition coefficient (Wildman–Crippen LogP) is 7.04. The molecular formula is C34H50FN3O3S. The summed E-state index contributed by atoms with van der Waals surface area (Å²) in [5.74, 6) is 0.638. The van der Waals surface area contributed by atoms with Crippen LogP contribution in [0.2, 0.25) is 0 Å². The van der Waals surface area contributed by atoms with Crippen molar-refractivity contribution >= 4 is 39.0 Å². The number of piperidine rings is 1. The summed E-state index contributed by atoms with van der Waals surface area (Å²) in [6, 6.07) is 6.30. The van der Waals surface area contributed by atoms with Crippen LogP contribution in [-0.2, 0) is 20.8 Å². The minimum absolute atomic E-state index is 0.0359. The molecule has 2 aromatic rings. The summed E-state index contributed by atoms with van der Waals surface area (Å²) in [5, 5.41) is 4.25. The van der Waals surface area contributed by atoms with Crippen molar-refractivity contribution in [3.8, 4) is 0 Å². The van der Waals surface area contributed by atoms with Gasteiger partial charge in [0.2, 0.25) is 5.91 Å². The Bertz CT molecular complexity index is 1180. The van der Waals surface area contributed by atoms with E-state index in [1.807, 2.05) is 6.92 Å². The van der Waals surface area contributed by atoms with Crippen LogP contribution in [0.15, 0.2) is 18.2 Å². The Morgan fingerprint density at radius 1 is 1.10 bits per heavy atom. The molecule has 1 saturated heterocycles. The molecule has 0 spiro atoms. The van der Waals surface area contributed by atoms with Gasteiger partial charge < -0.3 is 10.2 Å². The second-order valence-corrected chi connectivity index (χ2v) is 13.9. The first-order valence-electron chi connectivity index (χ1n) is 16.3. The van der Waals surface area contributed by atoms with Crippen molar-refractivity contribution in [2.45, 2.75) is 110 Å². The molecule has 232 valence electrons. The van der Waals surface area contributed by atoms with Crippen molar-refractivity contribution in [3.63, 3.8) is 0 Å². The SMILES string of the molecule is CCC(=O)C[C@@H](Cc1nc2ccc(C(C)C)cc2s1)C(=O)N[C@H](CCC(=O)C1CCN(CCF)CC1)C1CCCCC1. The predicted molar refractivity (Wildman–Crippen MR) is 169 cm³/mol. The van der Waals surface area contributed by atoms with Gasteiger partial charge in [0, 0.05) is 44.2 Å². The quantitative estimate of drug-likeness (QED) is 0.238. The van der Waals surface area contributed by atoms with Crippen molar-refractivity contribution in [1.29, 1.82) is 0 Å². The molecule has 1 amide bonds. The molecule has 2 aliphatic rings. The molecule has 1 aliphatic heterocycles. The van der Waals surface area contributed by atoms with E-state index in [9.17, 15) is 18.8 Å². The molecular weight excluding hydrogens is 549 g/mol. The lowest BCUT2D eigenvalue weighted by molar-refractivity contribution is -0.130. The fourth-order valence-corrected chi connectivity index (χ4v) is 7.78. The molecule has 8 heteroatoms. The van der Waals surface area contributed by atoms with Crippen LogP contribution >= 0.6 is 11.3 Å². The van der Waals surface area contributed by atoms with Gasteiger partial charge in [-0.3, -0.25) is 14.4 Å². The zero-order valence-corrected chi connectivity index (χ0v) is 26.7. The Kier molecular flexibility index (Phi) is 12.5. The third-order valence-corrected chi connectivity index (χ3v) is 10.5. The maximum atomic E-state index is 13.8. The lowest BCUT2D eigenvalue weighted by Gasteiger charge is -2.33. The third-order valence-electron chi connectivity index (χ3n) is 9.48. The zero-order chi connectivity index (χ0) is 30.1. The number of rotatable bonds is 15. The number of hydrogen-bond donors (Lipinski definition) is 1. The molecule has 4 rings (SSSR count). The second-order valence-electron chi connectivity index (χ2n) is 12.8. The van der Waals surface area contributed by atoms with Gasteiger partial charge in [-0.15, -0.1) is 11.3 Å². The van der Waals surface area contributed by atoms with Gasteiger partial charge >= 0.3 is 0 Å². The van der Waals surface area contributed by atoms with E-state index in [0.717, 1.165) is 66.8 Å². The molecule has 1 saturated carbocycles. The molecule has 2 fully saturated rings. The number of nitrogens with one attached hydrogen (secondary N) is 1. The monoisotopic (exact) mass is 599 g/mol. The first kappa shape index (κ1) is 32.7. The lowest BCUT2D eigenvalue weighted by atomic mass is 9.80. The van der Waals surface area contributed by atoms with Gasteiger partial charge in [-0.1, -0.05) is 46.1 Å². The van der Waals surface area contributed by atoms with Crippen LogP contribution in [0.25, 0.3) is 10.2 Å². The number of Topliss-reactive ketones (excluding diaryl/α,β-unsaturated/α-hetero) is 2. The number of alkyl halides is 1. The highest BCUT2D eigenvalue weighted by molar-refractivity contribution is 7.18. The normalized spacial score (nSPS) is 18.8. The standard InChI is InChI=1S/C34H50FN3O3S/c1-4-28(39)20-27(22-33-36-30-11-10-26(23(2)3)21-32(30)42-33)34(41)37-29(24-8-6-5-7-9-24)12-13-31(40)25-14-17-38(18-15-25)19-16-35/h10-11,21,23-25,27,29H,4-9,12-20,22H2,1-3H3,(H,37,41)/t27-,29+/m0/s1. The molecule has 0 radical (unpaired) electrons. The van der Waals surface area contributed by atoms with Crippen molar-refractivity contribution in [2.24, 2.45) is 17.8 Å². The molecule has 0 bridgehead atoms. The molecule has 42 heavy (non-hydrogen) atoms. The van der Waals surface area contributed by atoms with Gasteiger partial charge in [0.1, 0.15) is 18.2 Å². The number of likely N-dealkylation sites (tertiary alicyclic amines) is 1. The van der Waals surface area contributed by atoms with Crippen molar-refractivity contribution in [2.75, 3.05) is 26.3 Å². The topological polar surface area (TPSA) is 79.4 Å². The van der Waals surface area contributed by atoms with Crippen LogP contribution in [0.3, 0.4) is 0 Å². The maximum absolute atomic E-state index is 13.8. The Balaban J connectivity index is 1.43. The second kappa shape index (κ2) is 16.0. The van der Waals surface area contributed by atoms with Gasteiger partial charge in [-0.2, -0.15) is 0 Å². The average molecular weight is 600 g/mol. The first-order chi connectivity index (χ1) is 20.3. The van der Waals surface area contributed by atoms with Gasteiger partial charge in [-0.05, 0) is 74.7 Å². The average Bonchev–Trinajstić information content (AvgIpc) is 3.41. The summed E-state index contributed by atoms with van der Waals surface area (Å²) in [6.45, 7) is 7.86. The number of ketones is 2. The van der Waals surface area contributed by atoms with Crippen molar-refractivity contribution < 1.29 is 18.8 Å². The number of thiazole rings is 1. The van der Waals surface area contributed by atoms with E-state index in [0.29, 0.717) is 44.1 Å². The van der Waals surface area contributed by atoms with Gasteiger partial charge in [-0.25, -0.2) is 9.37 Å². The number of carbonyl (C=O) groups excluding carboxylic acids is 3. The summed E-state index contributed by atoms with van der Waals surface area (Å²) in [5.41, 5.74) is 2.21. The highest BCUT2D eigenvalue weighted by Crippen LogP contribution is 2.31. The number of nitrogens with zero attached hydrogens (tertiary/aromatic N) is 2. The molecule has 0 unspecified atom stereocenters. The summed E-state index contributed by atoms with van der Waals surface area (Å²) in [7, 11) is 0. The van der Waals surface area contributed by atoms with Gasteiger partial charge in [0.15, 0.2) is 0 Å². The van der Waals surface area contributed by atoms with E-state index >= 15 is 0 Å². The molecule has 1 N–H and O–H groups in total. The maximum Gasteiger partial charge on any atom is 0.224 e. The molecule has 1 aliphatic carbocycles. The lowest BCUT2D eigenvalue weighted by Crippen LogP contribution is -2.45. The van der Waals surface area contributed by atoms with Crippen LogP contribution in [0.4, 0.5) is 4.39 Å². The Hall–Kier alpha value is -2.19. The molecule has 1 aromatic carbocycles. The minimum atomic E-state index is -0.468.